The van der Waals surface area contributed by atoms with Crippen molar-refractivity contribution in [2.45, 2.75) is 32.7 Å². The second-order valence-electron chi connectivity index (χ2n) is 4.25. The van der Waals surface area contributed by atoms with Crippen molar-refractivity contribution in [3.63, 3.8) is 0 Å². The normalized spacial score (nSPS) is 11.0. The summed E-state index contributed by atoms with van der Waals surface area (Å²) in [6.45, 7) is 4.24. The fourth-order valence-electron chi connectivity index (χ4n) is 1.67. The molecule has 16 heavy (non-hydrogen) atoms. The van der Waals surface area contributed by atoms with Crippen molar-refractivity contribution >= 4 is 15.9 Å². The first-order chi connectivity index (χ1) is 7.74. The summed E-state index contributed by atoms with van der Waals surface area (Å²) in [7, 11) is 2.17. The van der Waals surface area contributed by atoms with Gasteiger partial charge in [0, 0.05) is 18.1 Å². The highest BCUT2D eigenvalue weighted by Crippen LogP contribution is 2.07. The molecule has 0 aromatic carbocycles. The summed E-state index contributed by atoms with van der Waals surface area (Å²) < 4.78 is 0. The number of rotatable bonds is 7. The van der Waals surface area contributed by atoms with Crippen LogP contribution in [0, 0.1) is 6.92 Å². The van der Waals surface area contributed by atoms with Gasteiger partial charge in [-0.3, -0.25) is 4.98 Å². The molecule has 90 valence electrons. The average molecular weight is 285 g/mol. The Labute approximate surface area is 107 Å². The summed E-state index contributed by atoms with van der Waals surface area (Å²) in [6, 6.07) is 4.12. The third-order valence-electron chi connectivity index (χ3n) is 2.71. The molecule has 0 amide bonds. The second kappa shape index (κ2) is 7.80. The quantitative estimate of drug-likeness (QED) is 0.564. The zero-order chi connectivity index (χ0) is 11.8. The number of nitrogens with zero attached hydrogens (tertiary/aromatic N) is 2. The molecule has 1 aromatic rings. The van der Waals surface area contributed by atoms with Crippen LogP contribution in [0.3, 0.4) is 0 Å². The largest absolute Gasteiger partial charge is 0.301 e. The molecule has 3 heteroatoms. The zero-order valence-electron chi connectivity index (χ0n) is 10.2. The highest BCUT2D eigenvalue weighted by molar-refractivity contribution is 9.09. The summed E-state index contributed by atoms with van der Waals surface area (Å²) in [5.74, 6) is 0. The predicted octanol–water partition coefficient (Wildman–Crippen LogP) is 3.39. The van der Waals surface area contributed by atoms with Crippen molar-refractivity contribution < 1.29 is 0 Å². The van der Waals surface area contributed by atoms with E-state index in [1.54, 1.807) is 0 Å². The van der Waals surface area contributed by atoms with Gasteiger partial charge in [0.15, 0.2) is 0 Å². The van der Waals surface area contributed by atoms with Crippen LogP contribution in [0.2, 0.25) is 0 Å². The van der Waals surface area contributed by atoms with Crippen LogP contribution in [0.5, 0.6) is 0 Å². The Morgan fingerprint density at radius 1 is 1.31 bits per heavy atom. The molecule has 0 N–H and O–H groups in total. The Bertz CT molecular complexity index is 302. The molecule has 0 radical (unpaired) electrons. The molecule has 0 saturated carbocycles. The summed E-state index contributed by atoms with van der Waals surface area (Å²) in [5.41, 5.74) is 2.49. The first-order valence-corrected chi connectivity index (χ1v) is 7.01. The predicted molar refractivity (Wildman–Crippen MR) is 73.0 cm³/mol. The number of hydrogen-bond acceptors (Lipinski definition) is 2. The number of hydrogen-bond donors (Lipinski definition) is 0. The van der Waals surface area contributed by atoms with E-state index >= 15 is 0 Å². The molecule has 1 rings (SSSR count). The topological polar surface area (TPSA) is 16.1 Å². The van der Waals surface area contributed by atoms with Gasteiger partial charge in [-0.05, 0) is 45.0 Å². The van der Waals surface area contributed by atoms with Crippen LogP contribution in [-0.2, 0) is 6.54 Å². The van der Waals surface area contributed by atoms with Crippen molar-refractivity contribution in [1.82, 2.24) is 9.88 Å². The molecule has 0 aliphatic rings. The number of halogens is 1. The zero-order valence-corrected chi connectivity index (χ0v) is 11.8. The van der Waals surface area contributed by atoms with E-state index in [1.807, 2.05) is 12.3 Å². The van der Waals surface area contributed by atoms with E-state index in [1.165, 1.54) is 30.5 Å². The van der Waals surface area contributed by atoms with Crippen LogP contribution in [0.1, 0.15) is 30.5 Å². The number of aromatic nitrogens is 1. The first kappa shape index (κ1) is 13.7. The van der Waals surface area contributed by atoms with Crippen molar-refractivity contribution in [3.8, 4) is 0 Å². The van der Waals surface area contributed by atoms with Crippen LogP contribution in [0.4, 0.5) is 0 Å². The summed E-state index contributed by atoms with van der Waals surface area (Å²) in [5, 5.41) is 1.12. The third-order valence-corrected chi connectivity index (χ3v) is 3.27. The van der Waals surface area contributed by atoms with Gasteiger partial charge in [-0.15, -0.1) is 0 Å². The van der Waals surface area contributed by atoms with Crippen molar-refractivity contribution in [1.29, 1.82) is 0 Å². The van der Waals surface area contributed by atoms with Gasteiger partial charge in [0.1, 0.15) is 0 Å². The number of pyridine rings is 1. The molecule has 0 aliphatic heterocycles. The van der Waals surface area contributed by atoms with Gasteiger partial charge in [-0.25, -0.2) is 0 Å². The van der Waals surface area contributed by atoms with Crippen LogP contribution in [-0.4, -0.2) is 28.8 Å². The summed E-state index contributed by atoms with van der Waals surface area (Å²) >= 11 is 3.46. The maximum absolute atomic E-state index is 4.41. The molecular weight excluding hydrogens is 264 g/mol. The number of aryl methyl sites for hydroxylation is 1. The summed E-state index contributed by atoms with van der Waals surface area (Å²) in [4.78, 5) is 6.76. The fraction of sp³-hybridized carbons (Fsp3) is 0.615. The van der Waals surface area contributed by atoms with Gasteiger partial charge in [0.2, 0.25) is 0 Å². The van der Waals surface area contributed by atoms with Crippen molar-refractivity contribution in [2.75, 3.05) is 18.9 Å². The molecule has 1 heterocycles. The molecule has 0 bridgehead atoms. The lowest BCUT2D eigenvalue weighted by molar-refractivity contribution is 0.314. The third kappa shape index (κ3) is 5.08. The minimum absolute atomic E-state index is 0.959. The van der Waals surface area contributed by atoms with Gasteiger partial charge in [0.05, 0.1) is 5.69 Å². The molecule has 0 aliphatic carbocycles. The Hall–Kier alpha value is -0.410. The minimum Gasteiger partial charge on any atom is -0.301 e. The Morgan fingerprint density at radius 2 is 2.12 bits per heavy atom. The second-order valence-corrected chi connectivity index (χ2v) is 5.05. The average Bonchev–Trinajstić information content (AvgIpc) is 2.28. The summed E-state index contributed by atoms with van der Waals surface area (Å²) in [6.07, 6.45) is 5.72. The monoisotopic (exact) mass is 284 g/mol. The fourth-order valence-corrected chi connectivity index (χ4v) is 2.07. The van der Waals surface area contributed by atoms with Gasteiger partial charge >= 0.3 is 0 Å². The van der Waals surface area contributed by atoms with Crippen molar-refractivity contribution in [2.24, 2.45) is 0 Å². The smallest absolute Gasteiger partial charge is 0.0572 e. The van der Waals surface area contributed by atoms with E-state index in [0.29, 0.717) is 0 Å². The lowest BCUT2D eigenvalue weighted by atomic mass is 10.2. The SMILES string of the molecule is Cc1cccnc1CN(C)CCCCCBr. The molecule has 0 saturated heterocycles. The van der Waals surface area contributed by atoms with E-state index in [9.17, 15) is 0 Å². The maximum atomic E-state index is 4.41. The van der Waals surface area contributed by atoms with Crippen molar-refractivity contribution in [3.05, 3.63) is 29.6 Å². The molecule has 0 unspecified atom stereocenters. The lowest BCUT2D eigenvalue weighted by Crippen LogP contribution is -2.20. The molecule has 0 spiro atoms. The molecular formula is C13H21BrN2. The van der Waals surface area contributed by atoms with Gasteiger partial charge in [-0.2, -0.15) is 0 Å². The minimum atomic E-state index is 0.959. The highest BCUT2D eigenvalue weighted by Gasteiger charge is 2.03. The highest BCUT2D eigenvalue weighted by atomic mass is 79.9. The number of unbranched alkanes of at least 4 members (excludes halogenated alkanes) is 2. The van der Waals surface area contributed by atoms with E-state index in [2.05, 4.69) is 45.9 Å². The Balaban J connectivity index is 2.28. The molecule has 0 fully saturated rings. The molecule has 2 nitrogen and oxygen atoms in total. The molecule has 0 atom stereocenters. The first-order valence-electron chi connectivity index (χ1n) is 5.89. The Kier molecular flexibility index (Phi) is 6.65. The van der Waals surface area contributed by atoms with E-state index in [-0.39, 0.29) is 0 Å². The maximum Gasteiger partial charge on any atom is 0.0572 e. The van der Waals surface area contributed by atoms with E-state index in [0.717, 1.165) is 18.4 Å². The van der Waals surface area contributed by atoms with Crippen LogP contribution in [0.15, 0.2) is 18.3 Å². The van der Waals surface area contributed by atoms with E-state index < -0.39 is 0 Å². The van der Waals surface area contributed by atoms with Crippen LogP contribution >= 0.6 is 15.9 Å². The van der Waals surface area contributed by atoms with Gasteiger partial charge in [0.25, 0.3) is 0 Å². The lowest BCUT2D eigenvalue weighted by Gasteiger charge is -2.16. The number of alkyl halides is 1. The van der Waals surface area contributed by atoms with Crippen LogP contribution in [0.25, 0.3) is 0 Å². The van der Waals surface area contributed by atoms with Crippen LogP contribution < -0.4 is 0 Å². The van der Waals surface area contributed by atoms with Gasteiger partial charge < -0.3 is 4.90 Å². The standard InChI is InChI=1S/C13H21BrN2/c1-12-7-6-9-15-13(12)11-16(2)10-5-3-4-8-14/h6-7,9H,3-5,8,10-11H2,1-2H3. The van der Waals surface area contributed by atoms with E-state index in [4.69, 9.17) is 0 Å². The molecule has 1 aromatic heterocycles. The Morgan fingerprint density at radius 3 is 2.81 bits per heavy atom. The van der Waals surface area contributed by atoms with Gasteiger partial charge in [-0.1, -0.05) is 28.4 Å².